The van der Waals surface area contributed by atoms with Crippen LogP contribution in [0.2, 0.25) is 0 Å². The predicted octanol–water partition coefficient (Wildman–Crippen LogP) is 34.2. The molecule has 0 aliphatic rings. The van der Waals surface area contributed by atoms with Crippen LogP contribution in [0.4, 0.5) is 0 Å². The van der Waals surface area contributed by atoms with E-state index in [1.807, 2.05) is 22.7 Å². The minimum absolute atomic E-state index is 0.553. The summed E-state index contributed by atoms with van der Waals surface area (Å²) in [4.78, 5) is 34.1. The fourth-order valence-corrected chi connectivity index (χ4v) is 23.8. The smallest absolute Gasteiger partial charge is 0.164 e. The van der Waals surface area contributed by atoms with Crippen LogP contribution in [0.1, 0.15) is 0 Å². The molecule has 0 spiro atoms. The molecule has 28 aromatic rings. The molecule has 0 aliphatic carbocycles. The highest BCUT2D eigenvalue weighted by Crippen LogP contribution is 2.51. The van der Waals surface area contributed by atoms with Gasteiger partial charge in [0.2, 0.25) is 0 Å². The summed E-state index contributed by atoms with van der Waals surface area (Å²) in [5.74, 6) is 3.46. The normalized spacial score (nSPS) is 12.0. The molecule has 630 valence electrons. The molecule has 0 amide bonds. The lowest BCUT2D eigenvalue weighted by Crippen LogP contribution is -2.03. The second-order valence-corrected chi connectivity index (χ2v) is 37.6. The van der Waals surface area contributed by atoms with Crippen LogP contribution >= 0.6 is 22.7 Å². The van der Waals surface area contributed by atoms with Crippen LogP contribution in [-0.2, 0) is 0 Å². The fourth-order valence-electron chi connectivity index (χ4n) is 21.6. The van der Waals surface area contributed by atoms with Crippen LogP contribution in [0.5, 0.6) is 0 Å². The molecule has 22 aromatic carbocycles. The number of thiophene rings is 2. The Morgan fingerprint density at radius 2 is 0.471 bits per heavy atom. The third-order valence-electron chi connectivity index (χ3n) is 27.8. The highest BCUT2D eigenvalue weighted by Gasteiger charge is 2.29. The van der Waals surface area contributed by atoms with Gasteiger partial charge in [0.15, 0.2) is 34.9 Å². The topological polar surface area (TPSA) is 87.2 Å². The van der Waals surface area contributed by atoms with Crippen LogP contribution in [0.25, 0.3) is 284 Å². The summed E-state index contributed by atoms with van der Waals surface area (Å²) in [6.07, 6.45) is 0. The van der Waals surface area contributed by atoms with E-state index in [1.54, 1.807) is 0 Å². The molecular formula is C126H74N8S2. The molecule has 10 heteroatoms. The van der Waals surface area contributed by atoms with Gasteiger partial charge in [0.05, 0.1) is 22.1 Å². The van der Waals surface area contributed by atoms with Crippen molar-refractivity contribution in [2.24, 2.45) is 0 Å². The summed E-state index contributed by atoms with van der Waals surface area (Å²) >= 11 is 3.65. The van der Waals surface area contributed by atoms with Crippen LogP contribution in [0.15, 0.2) is 449 Å². The number of benzene rings is 22. The fraction of sp³-hybridized carbons (Fsp3) is 0. The number of fused-ring (bicyclic) bond motifs is 20. The van der Waals surface area contributed by atoms with Crippen molar-refractivity contribution in [2.45, 2.75) is 0 Å². The maximum atomic E-state index is 5.84. The SMILES string of the molecule is c1ccc(-c2ccccc2-c2nc(-c3ccccc3-c3cccc(-c4ccc5ccc6c(c5c4)c4cc5ccccc5cc4n6-c4ccc(-c5nc(-c6cccc7ccccc67)nc(-c6cccc7ccccc67)n5)c(-c5cccc6sc7ccccc7c56)c4)c3)nc(-c3ccc(-n4c5cc6ccccc6cc5c5c6ccccc6ccc54)cc3-c3cccc4sc5ccccc5c34)n2)cc1. The predicted molar refractivity (Wildman–Crippen MR) is 573 cm³/mol. The summed E-state index contributed by atoms with van der Waals surface area (Å²) in [5, 5.41) is 23.3. The molecule has 0 atom stereocenters. The van der Waals surface area contributed by atoms with Crippen molar-refractivity contribution in [2.75, 3.05) is 0 Å². The minimum atomic E-state index is 0.553. The summed E-state index contributed by atoms with van der Waals surface area (Å²) in [6, 6.07) is 164. The number of aromatic nitrogens is 8. The van der Waals surface area contributed by atoms with Crippen molar-refractivity contribution in [3.63, 3.8) is 0 Å². The lowest BCUT2D eigenvalue weighted by atomic mass is 9.93. The number of nitrogens with zero attached hydrogens (tertiary/aromatic N) is 8. The number of hydrogen-bond donors (Lipinski definition) is 0. The van der Waals surface area contributed by atoms with Crippen molar-refractivity contribution < 1.29 is 0 Å². The lowest BCUT2D eigenvalue weighted by molar-refractivity contribution is 1.07. The third kappa shape index (κ3) is 12.5. The van der Waals surface area contributed by atoms with Crippen LogP contribution < -0.4 is 0 Å². The molecule has 0 saturated heterocycles. The Morgan fingerprint density at radius 1 is 0.147 bits per heavy atom. The van der Waals surface area contributed by atoms with Crippen LogP contribution in [-0.4, -0.2) is 39.0 Å². The number of hydrogen-bond acceptors (Lipinski definition) is 8. The standard InChI is InChI=1S/C126H74N8S2/c1-2-27-75(28-3-1)89-42-14-16-45-96(89)121-127-122(130-125(129-121)100-63-61-87(73-105(100)94-49-25-55-115-119(94)102-47-18-20-53-113(102)135-115)133-109-65-59-78-31-10-13-44-93(78)117(109)107-69-81-32-4-6-34-83(81)71-111(107)133)97-46-17-15-43-92(97)86-39-22-38-80(67-86)85-58-57-79-60-66-110-118(104(79)68-85)108-70-82-33-5-7-35-84(82)72-112(108)134(110)88-62-64-101(106(74-88)95-50-26-56-116-120(95)103-48-19-21-54-114(103)136-116)126-131-123(98-51-23-36-76-29-8-11-40-90(76)98)128-124(132-126)99-52-24-37-77-30-9-12-41-91(77)99/h1-74H. The van der Waals surface area contributed by atoms with Gasteiger partial charge >= 0.3 is 0 Å². The van der Waals surface area contributed by atoms with E-state index in [4.69, 9.17) is 29.9 Å². The molecule has 6 heterocycles. The van der Waals surface area contributed by atoms with E-state index < -0.39 is 0 Å². The zero-order valence-electron chi connectivity index (χ0n) is 73.1. The summed E-state index contributed by atoms with van der Waals surface area (Å²) < 4.78 is 9.83. The summed E-state index contributed by atoms with van der Waals surface area (Å²) in [5.41, 5.74) is 22.3. The van der Waals surface area contributed by atoms with Crippen LogP contribution in [0.3, 0.4) is 0 Å². The highest BCUT2D eigenvalue weighted by molar-refractivity contribution is 7.26. The Balaban J connectivity index is 0.623. The molecule has 136 heavy (non-hydrogen) atoms. The Kier molecular flexibility index (Phi) is 17.6. The van der Waals surface area contributed by atoms with E-state index in [2.05, 4.69) is 458 Å². The highest BCUT2D eigenvalue weighted by atomic mass is 32.1. The first-order chi connectivity index (χ1) is 67.4. The van der Waals surface area contributed by atoms with Gasteiger partial charge in [0.1, 0.15) is 0 Å². The molecule has 28 rings (SSSR count). The Morgan fingerprint density at radius 3 is 0.978 bits per heavy atom. The second-order valence-electron chi connectivity index (χ2n) is 35.4. The Hall–Kier alpha value is -17.5. The number of rotatable bonds is 13. The van der Waals surface area contributed by atoms with Gasteiger partial charge in [-0.05, 0) is 229 Å². The van der Waals surface area contributed by atoms with Gasteiger partial charge in [0, 0.05) is 107 Å². The summed E-state index contributed by atoms with van der Waals surface area (Å²) in [6.45, 7) is 0. The zero-order chi connectivity index (χ0) is 89.2. The largest absolute Gasteiger partial charge is 0.309 e. The first-order valence-electron chi connectivity index (χ1n) is 46.1. The van der Waals surface area contributed by atoms with E-state index in [-0.39, 0.29) is 0 Å². The summed E-state index contributed by atoms with van der Waals surface area (Å²) in [7, 11) is 0. The van der Waals surface area contributed by atoms with Gasteiger partial charge in [-0.1, -0.05) is 340 Å². The maximum Gasteiger partial charge on any atom is 0.164 e. The average Bonchev–Trinajstić information content (AvgIpc) is 1.56. The first kappa shape index (κ1) is 77.2. The van der Waals surface area contributed by atoms with E-state index in [0.717, 1.165) is 171 Å². The van der Waals surface area contributed by atoms with E-state index in [9.17, 15) is 0 Å². The molecule has 0 fully saturated rings. The van der Waals surface area contributed by atoms with E-state index >= 15 is 0 Å². The lowest BCUT2D eigenvalue weighted by Gasteiger charge is -2.18. The van der Waals surface area contributed by atoms with Gasteiger partial charge in [-0.15, -0.1) is 22.7 Å². The van der Waals surface area contributed by atoms with Crippen molar-refractivity contribution in [3.8, 4) is 135 Å². The average molecular weight is 1760 g/mol. The maximum absolute atomic E-state index is 5.84. The minimum Gasteiger partial charge on any atom is -0.309 e. The molecule has 0 saturated carbocycles. The van der Waals surface area contributed by atoms with E-state index in [0.29, 0.717) is 34.9 Å². The molecule has 0 aliphatic heterocycles. The van der Waals surface area contributed by atoms with Crippen molar-refractivity contribution in [1.82, 2.24) is 39.0 Å². The molecule has 0 unspecified atom stereocenters. The first-order valence-corrected chi connectivity index (χ1v) is 47.7. The van der Waals surface area contributed by atoms with Crippen molar-refractivity contribution >= 4 is 171 Å². The monoisotopic (exact) mass is 1760 g/mol. The zero-order valence-corrected chi connectivity index (χ0v) is 74.8. The van der Waals surface area contributed by atoms with E-state index in [1.165, 1.54) is 78.0 Å². The van der Waals surface area contributed by atoms with Gasteiger partial charge in [-0.3, -0.25) is 0 Å². The van der Waals surface area contributed by atoms with Crippen molar-refractivity contribution in [1.29, 1.82) is 0 Å². The van der Waals surface area contributed by atoms with Crippen LogP contribution in [0, 0.1) is 0 Å². The van der Waals surface area contributed by atoms with Gasteiger partial charge in [-0.25, -0.2) is 29.9 Å². The molecule has 8 nitrogen and oxygen atoms in total. The van der Waals surface area contributed by atoms with Gasteiger partial charge < -0.3 is 9.13 Å². The van der Waals surface area contributed by atoms with Gasteiger partial charge in [0.25, 0.3) is 0 Å². The third-order valence-corrected chi connectivity index (χ3v) is 30.1. The second kappa shape index (κ2) is 31.1. The molecule has 6 aromatic heterocycles. The Labute approximate surface area is 788 Å². The van der Waals surface area contributed by atoms with Gasteiger partial charge in [-0.2, -0.15) is 0 Å². The molecule has 0 bridgehead atoms. The molecular weight excluding hydrogens is 1690 g/mol. The molecule has 0 N–H and O–H groups in total. The molecule has 0 radical (unpaired) electrons. The Bertz CT molecular complexity index is 9820. The quantitative estimate of drug-likeness (QED) is 0.114. The van der Waals surface area contributed by atoms with Crippen molar-refractivity contribution in [3.05, 3.63) is 449 Å².